The number of nitriles is 1. The highest BCUT2D eigenvalue weighted by atomic mass is 16.1. The molecule has 7 heavy (non-hydrogen) atoms. The molecule has 0 aliphatic heterocycles. The fourth-order valence-corrected chi connectivity index (χ4v) is 0.218. The molecule has 0 aromatic carbocycles. The molecule has 0 spiro atoms. The first-order valence-electron chi connectivity index (χ1n) is 2.20. The van der Waals surface area contributed by atoms with Crippen LogP contribution in [0.3, 0.4) is 0 Å². The van der Waals surface area contributed by atoms with Crippen LogP contribution in [0.25, 0.3) is 0 Å². The van der Waals surface area contributed by atoms with Crippen LogP contribution in [0.1, 0.15) is 13.3 Å². The van der Waals surface area contributed by atoms with Crippen molar-refractivity contribution in [2.24, 2.45) is 5.92 Å². The molecular formula is C5H7NO. The van der Waals surface area contributed by atoms with Gasteiger partial charge in [0.05, 0.1) is 6.07 Å². The van der Waals surface area contributed by atoms with E-state index in [-0.39, 0.29) is 5.92 Å². The second kappa shape index (κ2) is 3.35. The van der Waals surface area contributed by atoms with Crippen molar-refractivity contribution in [3.63, 3.8) is 0 Å². The average molecular weight is 97.1 g/mol. The van der Waals surface area contributed by atoms with Crippen LogP contribution < -0.4 is 0 Å². The number of carbonyl (C=O) groups excluding carboxylic acids is 1. The second-order valence-electron chi connectivity index (χ2n) is 1.28. The minimum absolute atomic E-state index is 0.389. The minimum atomic E-state index is -0.389. The molecule has 0 bridgehead atoms. The molecule has 0 saturated heterocycles. The lowest BCUT2D eigenvalue weighted by Crippen LogP contribution is -1.93. The Labute approximate surface area is 42.8 Å². The summed E-state index contributed by atoms with van der Waals surface area (Å²) in [6.07, 6.45) is 1.29. The van der Waals surface area contributed by atoms with E-state index in [1.807, 2.05) is 13.0 Å². The molecule has 0 aromatic rings. The van der Waals surface area contributed by atoms with Crippen molar-refractivity contribution in [1.82, 2.24) is 0 Å². The van der Waals surface area contributed by atoms with Crippen molar-refractivity contribution in [1.29, 1.82) is 5.26 Å². The van der Waals surface area contributed by atoms with E-state index in [9.17, 15) is 4.79 Å². The normalized spacial score (nSPS) is 12.0. The first kappa shape index (κ1) is 6.16. The SMILES string of the molecule is CC[C@@H](C#N)C=O. The predicted molar refractivity (Wildman–Crippen MR) is 25.5 cm³/mol. The fraction of sp³-hybridized carbons (Fsp3) is 0.600. The molecule has 0 aromatic heterocycles. The number of nitrogens with zero attached hydrogens (tertiary/aromatic N) is 1. The van der Waals surface area contributed by atoms with Crippen LogP contribution in [0, 0.1) is 17.2 Å². The highest BCUT2D eigenvalue weighted by Gasteiger charge is 1.97. The third-order valence-electron chi connectivity index (χ3n) is 0.770. The van der Waals surface area contributed by atoms with Crippen molar-refractivity contribution in [2.45, 2.75) is 13.3 Å². The first-order chi connectivity index (χ1) is 3.35. The predicted octanol–water partition coefficient (Wildman–Crippen LogP) is 0.735. The molecule has 0 unspecified atom stereocenters. The van der Waals surface area contributed by atoms with Gasteiger partial charge in [-0.05, 0) is 6.42 Å². The van der Waals surface area contributed by atoms with Crippen molar-refractivity contribution in [3.8, 4) is 6.07 Å². The Bertz CT molecular complexity index is 92.7. The first-order valence-corrected chi connectivity index (χ1v) is 2.20. The summed E-state index contributed by atoms with van der Waals surface area (Å²) in [5.74, 6) is -0.389. The Hall–Kier alpha value is -0.840. The third kappa shape index (κ3) is 1.94. The van der Waals surface area contributed by atoms with Crippen LogP contribution in [0.4, 0.5) is 0 Å². The van der Waals surface area contributed by atoms with Crippen LogP contribution in [0.2, 0.25) is 0 Å². The van der Waals surface area contributed by atoms with Crippen LogP contribution in [0.15, 0.2) is 0 Å². The summed E-state index contributed by atoms with van der Waals surface area (Å²) in [4.78, 5) is 9.74. The molecule has 0 aliphatic carbocycles. The van der Waals surface area contributed by atoms with E-state index < -0.39 is 0 Å². The summed E-state index contributed by atoms with van der Waals surface area (Å²) in [6.45, 7) is 1.81. The standard InChI is InChI=1S/C5H7NO/c1-2-5(3-6)4-7/h4-5H,2H2,1H3/t5-/m0/s1. The quantitative estimate of drug-likeness (QED) is 0.477. The van der Waals surface area contributed by atoms with Gasteiger partial charge in [0.1, 0.15) is 12.2 Å². The number of aldehydes is 1. The van der Waals surface area contributed by atoms with Gasteiger partial charge in [-0.25, -0.2) is 0 Å². The summed E-state index contributed by atoms with van der Waals surface area (Å²) in [6, 6.07) is 1.83. The van der Waals surface area contributed by atoms with E-state index in [0.29, 0.717) is 12.7 Å². The highest BCUT2D eigenvalue weighted by Crippen LogP contribution is 1.92. The Morgan fingerprint density at radius 1 is 2.00 bits per heavy atom. The van der Waals surface area contributed by atoms with Crippen LogP contribution in [-0.4, -0.2) is 6.29 Å². The maximum absolute atomic E-state index is 9.74. The van der Waals surface area contributed by atoms with Gasteiger partial charge in [0.25, 0.3) is 0 Å². The summed E-state index contributed by atoms with van der Waals surface area (Å²) in [5.41, 5.74) is 0. The summed E-state index contributed by atoms with van der Waals surface area (Å²) in [5, 5.41) is 8.04. The van der Waals surface area contributed by atoms with Gasteiger partial charge >= 0.3 is 0 Å². The van der Waals surface area contributed by atoms with E-state index in [2.05, 4.69) is 0 Å². The van der Waals surface area contributed by atoms with E-state index in [1.165, 1.54) is 0 Å². The van der Waals surface area contributed by atoms with Crippen molar-refractivity contribution >= 4 is 6.29 Å². The number of rotatable bonds is 2. The zero-order valence-electron chi connectivity index (χ0n) is 4.22. The number of hydrogen-bond acceptors (Lipinski definition) is 2. The summed E-state index contributed by atoms with van der Waals surface area (Å²) >= 11 is 0. The molecule has 0 amide bonds. The van der Waals surface area contributed by atoms with Crippen molar-refractivity contribution in [3.05, 3.63) is 0 Å². The lowest BCUT2D eigenvalue weighted by molar-refractivity contribution is -0.109. The van der Waals surface area contributed by atoms with Crippen molar-refractivity contribution < 1.29 is 4.79 Å². The zero-order valence-corrected chi connectivity index (χ0v) is 4.22. The minimum Gasteiger partial charge on any atom is -0.302 e. The highest BCUT2D eigenvalue weighted by molar-refractivity contribution is 5.57. The molecule has 0 aliphatic rings. The van der Waals surface area contributed by atoms with Crippen molar-refractivity contribution in [2.75, 3.05) is 0 Å². The molecule has 0 saturated carbocycles. The monoisotopic (exact) mass is 97.1 g/mol. The molecule has 1 atom stereocenters. The van der Waals surface area contributed by atoms with E-state index >= 15 is 0 Å². The van der Waals surface area contributed by atoms with Gasteiger partial charge in [0.2, 0.25) is 0 Å². The molecule has 0 radical (unpaired) electrons. The van der Waals surface area contributed by atoms with Crippen LogP contribution in [0.5, 0.6) is 0 Å². The number of carbonyl (C=O) groups is 1. The summed E-state index contributed by atoms with van der Waals surface area (Å²) in [7, 11) is 0. The molecule has 2 nitrogen and oxygen atoms in total. The zero-order chi connectivity index (χ0) is 5.70. The van der Waals surface area contributed by atoms with Gasteiger partial charge in [-0.3, -0.25) is 0 Å². The van der Waals surface area contributed by atoms with E-state index in [1.54, 1.807) is 0 Å². The lowest BCUT2D eigenvalue weighted by Gasteiger charge is -1.86. The third-order valence-corrected chi connectivity index (χ3v) is 0.770. The molecule has 0 rings (SSSR count). The maximum atomic E-state index is 9.74. The molecule has 2 heteroatoms. The number of hydrogen-bond donors (Lipinski definition) is 0. The van der Waals surface area contributed by atoms with Crippen LogP contribution in [-0.2, 0) is 4.79 Å². The smallest absolute Gasteiger partial charge is 0.137 e. The van der Waals surface area contributed by atoms with Gasteiger partial charge in [-0.1, -0.05) is 6.92 Å². The second-order valence-corrected chi connectivity index (χ2v) is 1.28. The fourth-order valence-electron chi connectivity index (χ4n) is 0.218. The molecule has 0 heterocycles. The Kier molecular flexibility index (Phi) is 2.95. The van der Waals surface area contributed by atoms with Crippen LogP contribution >= 0.6 is 0 Å². The van der Waals surface area contributed by atoms with E-state index in [0.717, 1.165) is 0 Å². The van der Waals surface area contributed by atoms with Gasteiger partial charge in [-0.15, -0.1) is 0 Å². The molecular weight excluding hydrogens is 90.1 g/mol. The Balaban J connectivity index is 3.43. The lowest BCUT2D eigenvalue weighted by atomic mass is 10.1. The Morgan fingerprint density at radius 3 is 2.57 bits per heavy atom. The Morgan fingerprint density at radius 2 is 2.57 bits per heavy atom. The molecule has 38 valence electrons. The summed E-state index contributed by atoms with van der Waals surface area (Å²) < 4.78 is 0. The van der Waals surface area contributed by atoms with Gasteiger partial charge < -0.3 is 4.79 Å². The largest absolute Gasteiger partial charge is 0.302 e. The van der Waals surface area contributed by atoms with Gasteiger partial charge in [-0.2, -0.15) is 5.26 Å². The molecule has 0 N–H and O–H groups in total. The topological polar surface area (TPSA) is 40.9 Å². The maximum Gasteiger partial charge on any atom is 0.137 e. The average Bonchev–Trinajstić information content (AvgIpc) is 1.72. The molecule has 0 fully saturated rings. The van der Waals surface area contributed by atoms with Gasteiger partial charge in [0.15, 0.2) is 0 Å². The van der Waals surface area contributed by atoms with Gasteiger partial charge in [0, 0.05) is 0 Å². The van der Waals surface area contributed by atoms with E-state index in [4.69, 9.17) is 5.26 Å².